The smallest absolute Gasteiger partial charge is 0.343 e. The van der Waals surface area contributed by atoms with E-state index in [0.29, 0.717) is 18.2 Å². The summed E-state index contributed by atoms with van der Waals surface area (Å²) in [6.07, 6.45) is 0.834. The first kappa shape index (κ1) is 17.3. The van der Waals surface area contributed by atoms with Gasteiger partial charge in [0.05, 0.1) is 5.25 Å². The minimum Gasteiger partial charge on any atom is -0.351 e. The molecule has 0 radical (unpaired) electrons. The standard InChI is InChI=1S/C16H22N4O2S/c1-4-9-20-15(22)18-19-16(20)23-12(3)14(21)17-10-13-7-5-11(2)6-8-13/h5-8,12H,4,9-10H2,1-3H3,(H,17,21)(H,18,22). The van der Waals surface area contributed by atoms with Gasteiger partial charge in [-0.3, -0.25) is 9.36 Å². The molecule has 0 saturated heterocycles. The second kappa shape index (κ2) is 8.01. The maximum atomic E-state index is 12.2. The summed E-state index contributed by atoms with van der Waals surface area (Å²) < 4.78 is 1.56. The largest absolute Gasteiger partial charge is 0.351 e. The molecule has 2 N–H and O–H groups in total. The average Bonchev–Trinajstić information content (AvgIpc) is 2.87. The number of carbonyl (C=O) groups excluding carboxylic acids is 1. The summed E-state index contributed by atoms with van der Waals surface area (Å²) in [6, 6.07) is 8.04. The third kappa shape index (κ3) is 4.72. The highest BCUT2D eigenvalue weighted by molar-refractivity contribution is 8.00. The van der Waals surface area contributed by atoms with Gasteiger partial charge in [0.2, 0.25) is 5.91 Å². The van der Waals surface area contributed by atoms with E-state index in [2.05, 4.69) is 15.5 Å². The van der Waals surface area contributed by atoms with Crippen molar-refractivity contribution in [2.45, 2.75) is 50.7 Å². The summed E-state index contributed by atoms with van der Waals surface area (Å²) >= 11 is 1.29. The molecule has 0 aliphatic rings. The molecule has 0 aliphatic carbocycles. The minimum atomic E-state index is -0.328. The number of carbonyl (C=O) groups is 1. The lowest BCUT2D eigenvalue weighted by Gasteiger charge is -2.12. The first-order valence-corrected chi connectivity index (χ1v) is 8.54. The van der Waals surface area contributed by atoms with E-state index in [0.717, 1.165) is 12.0 Å². The molecular weight excluding hydrogens is 312 g/mol. The first-order valence-electron chi connectivity index (χ1n) is 7.66. The highest BCUT2D eigenvalue weighted by Gasteiger charge is 2.18. The number of hydrogen-bond donors (Lipinski definition) is 2. The van der Waals surface area contributed by atoms with Crippen LogP contribution in [0.5, 0.6) is 0 Å². The number of aromatic amines is 1. The number of benzene rings is 1. The SMILES string of the molecule is CCCn1c(SC(C)C(=O)NCc2ccc(C)cc2)n[nH]c1=O. The Morgan fingerprint density at radius 1 is 1.39 bits per heavy atom. The maximum absolute atomic E-state index is 12.2. The van der Waals surface area contributed by atoms with Gasteiger partial charge in [-0.1, -0.05) is 48.5 Å². The first-order chi connectivity index (χ1) is 11.0. The predicted molar refractivity (Wildman–Crippen MR) is 91.5 cm³/mol. The summed E-state index contributed by atoms with van der Waals surface area (Å²) in [5.41, 5.74) is 2.02. The van der Waals surface area contributed by atoms with Gasteiger partial charge >= 0.3 is 5.69 Å². The zero-order chi connectivity index (χ0) is 16.8. The Labute approximate surface area is 139 Å². The number of nitrogens with zero attached hydrogens (tertiary/aromatic N) is 2. The van der Waals surface area contributed by atoms with Gasteiger partial charge in [-0.05, 0) is 25.8 Å². The van der Waals surface area contributed by atoms with E-state index in [1.54, 1.807) is 4.57 Å². The van der Waals surface area contributed by atoms with Crippen LogP contribution in [0, 0.1) is 6.92 Å². The van der Waals surface area contributed by atoms with Gasteiger partial charge in [0.1, 0.15) is 0 Å². The van der Waals surface area contributed by atoms with Crippen molar-refractivity contribution >= 4 is 17.7 Å². The van der Waals surface area contributed by atoms with E-state index in [1.807, 2.05) is 45.0 Å². The Kier molecular flexibility index (Phi) is 6.04. The van der Waals surface area contributed by atoms with Crippen molar-refractivity contribution < 1.29 is 4.79 Å². The van der Waals surface area contributed by atoms with E-state index < -0.39 is 0 Å². The van der Waals surface area contributed by atoms with E-state index >= 15 is 0 Å². The fraction of sp³-hybridized carbons (Fsp3) is 0.438. The average molecular weight is 334 g/mol. The lowest BCUT2D eigenvalue weighted by Crippen LogP contribution is -2.30. The Morgan fingerprint density at radius 2 is 2.09 bits per heavy atom. The van der Waals surface area contributed by atoms with Gasteiger partial charge in [-0.25, -0.2) is 9.89 Å². The number of rotatable bonds is 7. The Hall–Kier alpha value is -2.02. The van der Waals surface area contributed by atoms with Gasteiger partial charge in [0.25, 0.3) is 0 Å². The van der Waals surface area contributed by atoms with E-state index in [-0.39, 0.29) is 16.8 Å². The quantitative estimate of drug-likeness (QED) is 0.760. The van der Waals surface area contributed by atoms with E-state index in [1.165, 1.54) is 17.3 Å². The minimum absolute atomic E-state index is 0.0749. The van der Waals surface area contributed by atoms with Crippen molar-refractivity contribution in [2.75, 3.05) is 0 Å². The van der Waals surface area contributed by atoms with Crippen LogP contribution in [0.1, 0.15) is 31.4 Å². The normalized spacial score (nSPS) is 12.1. The van der Waals surface area contributed by atoms with Gasteiger partial charge in [-0.15, -0.1) is 5.10 Å². The van der Waals surface area contributed by atoms with Crippen LogP contribution >= 0.6 is 11.8 Å². The molecule has 2 rings (SSSR count). The summed E-state index contributed by atoms with van der Waals surface area (Å²) in [5.74, 6) is -0.0749. The molecule has 0 aliphatic heterocycles. The van der Waals surface area contributed by atoms with Crippen LogP contribution in [0.2, 0.25) is 0 Å². The lowest BCUT2D eigenvalue weighted by molar-refractivity contribution is -0.120. The van der Waals surface area contributed by atoms with Crippen LogP contribution in [-0.4, -0.2) is 25.9 Å². The summed E-state index contributed by atoms with van der Waals surface area (Å²) in [7, 11) is 0. The van der Waals surface area contributed by atoms with Crippen molar-refractivity contribution in [1.29, 1.82) is 0 Å². The molecule has 7 heteroatoms. The predicted octanol–water partition coefficient (Wildman–Crippen LogP) is 2.09. The van der Waals surface area contributed by atoms with Gasteiger partial charge in [-0.2, -0.15) is 0 Å². The summed E-state index contributed by atoms with van der Waals surface area (Å²) in [5, 5.41) is 9.56. The molecule has 2 aromatic rings. The molecule has 1 aromatic carbocycles. The molecule has 23 heavy (non-hydrogen) atoms. The second-order valence-corrected chi connectivity index (χ2v) is 6.73. The second-order valence-electron chi connectivity index (χ2n) is 5.43. The molecule has 1 unspecified atom stereocenters. The zero-order valence-electron chi connectivity index (χ0n) is 13.6. The number of thioether (sulfide) groups is 1. The third-order valence-corrected chi connectivity index (χ3v) is 4.50. The lowest BCUT2D eigenvalue weighted by atomic mass is 10.1. The summed E-state index contributed by atoms with van der Waals surface area (Å²) in [4.78, 5) is 23.9. The van der Waals surface area contributed by atoms with E-state index in [9.17, 15) is 9.59 Å². The van der Waals surface area contributed by atoms with Crippen LogP contribution in [-0.2, 0) is 17.9 Å². The van der Waals surface area contributed by atoms with Gasteiger partial charge < -0.3 is 5.32 Å². The number of aryl methyl sites for hydroxylation is 1. The van der Waals surface area contributed by atoms with Crippen LogP contribution in [0.4, 0.5) is 0 Å². The molecule has 0 spiro atoms. The van der Waals surface area contributed by atoms with Crippen molar-refractivity contribution in [2.24, 2.45) is 0 Å². The molecule has 1 aromatic heterocycles. The van der Waals surface area contributed by atoms with Crippen molar-refractivity contribution in [3.05, 3.63) is 45.9 Å². The molecule has 1 atom stereocenters. The monoisotopic (exact) mass is 334 g/mol. The molecular formula is C16H22N4O2S. The van der Waals surface area contributed by atoms with Crippen LogP contribution in [0.3, 0.4) is 0 Å². The fourth-order valence-corrected chi connectivity index (χ4v) is 2.97. The number of nitrogens with one attached hydrogen (secondary N) is 2. The number of H-pyrrole nitrogens is 1. The molecule has 124 valence electrons. The highest BCUT2D eigenvalue weighted by Crippen LogP contribution is 2.20. The molecule has 0 saturated carbocycles. The van der Waals surface area contributed by atoms with Crippen LogP contribution in [0.15, 0.2) is 34.2 Å². The number of amides is 1. The molecule has 0 bridgehead atoms. The fourth-order valence-electron chi connectivity index (χ4n) is 2.06. The maximum Gasteiger partial charge on any atom is 0.343 e. The van der Waals surface area contributed by atoms with E-state index in [4.69, 9.17) is 0 Å². The Bertz CT molecular complexity index is 706. The van der Waals surface area contributed by atoms with Crippen molar-refractivity contribution in [3.63, 3.8) is 0 Å². The van der Waals surface area contributed by atoms with Gasteiger partial charge in [0.15, 0.2) is 5.16 Å². The molecule has 1 amide bonds. The Balaban J connectivity index is 1.92. The zero-order valence-corrected chi connectivity index (χ0v) is 14.4. The van der Waals surface area contributed by atoms with Crippen LogP contribution in [0.25, 0.3) is 0 Å². The number of hydrogen-bond acceptors (Lipinski definition) is 4. The molecule has 6 nitrogen and oxygen atoms in total. The van der Waals surface area contributed by atoms with Gasteiger partial charge in [0, 0.05) is 13.1 Å². The molecule has 0 fully saturated rings. The highest BCUT2D eigenvalue weighted by atomic mass is 32.2. The topological polar surface area (TPSA) is 79.8 Å². The Morgan fingerprint density at radius 3 is 2.74 bits per heavy atom. The third-order valence-electron chi connectivity index (χ3n) is 3.41. The van der Waals surface area contributed by atoms with Crippen molar-refractivity contribution in [1.82, 2.24) is 20.1 Å². The van der Waals surface area contributed by atoms with Crippen LogP contribution < -0.4 is 11.0 Å². The van der Waals surface area contributed by atoms with Crippen molar-refractivity contribution in [3.8, 4) is 0 Å². The summed E-state index contributed by atoms with van der Waals surface area (Å²) in [6.45, 7) is 6.92. The molecule has 1 heterocycles. The number of aromatic nitrogens is 3.